The van der Waals surface area contributed by atoms with Crippen LogP contribution in [0.4, 0.5) is 0 Å². The molecule has 92 valence electrons. The van der Waals surface area contributed by atoms with Crippen molar-refractivity contribution in [2.24, 2.45) is 0 Å². The van der Waals surface area contributed by atoms with E-state index < -0.39 is 0 Å². The average molecular weight is 216 g/mol. The molecule has 0 rings (SSSR count). The van der Waals surface area contributed by atoms with E-state index in [2.05, 4.69) is 44.8 Å². The summed E-state index contributed by atoms with van der Waals surface area (Å²) in [5.74, 6) is 0. The molecule has 0 aromatic heterocycles. The number of aliphatic hydroxyl groups is 1. The number of hydrogen-bond donors (Lipinski definition) is 2. The molecule has 0 bridgehead atoms. The molecule has 15 heavy (non-hydrogen) atoms. The Morgan fingerprint density at radius 1 is 1.33 bits per heavy atom. The van der Waals surface area contributed by atoms with E-state index in [4.69, 9.17) is 0 Å². The lowest BCUT2D eigenvalue weighted by atomic mass is 9.93. The number of aliphatic hydroxyl groups excluding tert-OH is 1. The van der Waals surface area contributed by atoms with Gasteiger partial charge in [-0.3, -0.25) is 4.90 Å². The molecule has 3 nitrogen and oxygen atoms in total. The minimum absolute atomic E-state index is 0.165. The van der Waals surface area contributed by atoms with Gasteiger partial charge in [0.1, 0.15) is 0 Å². The number of nitrogens with zero attached hydrogens (tertiary/aromatic N) is 1. The highest BCUT2D eigenvalue weighted by Gasteiger charge is 2.26. The Morgan fingerprint density at radius 2 is 1.87 bits per heavy atom. The van der Waals surface area contributed by atoms with Crippen LogP contribution in [0.25, 0.3) is 0 Å². The first-order valence-electron chi connectivity index (χ1n) is 5.95. The fourth-order valence-electron chi connectivity index (χ4n) is 2.20. The van der Waals surface area contributed by atoms with E-state index in [1.54, 1.807) is 0 Å². The van der Waals surface area contributed by atoms with Crippen molar-refractivity contribution in [1.82, 2.24) is 10.2 Å². The van der Waals surface area contributed by atoms with Gasteiger partial charge in [-0.05, 0) is 47.7 Å². The molecule has 0 aromatic carbocycles. The maximum atomic E-state index is 9.35. The lowest BCUT2D eigenvalue weighted by Crippen LogP contribution is -2.50. The first-order valence-corrected chi connectivity index (χ1v) is 5.95. The molecule has 0 radical (unpaired) electrons. The van der Waals surface area contributed by atoms with Gasteiger partial charge in [0.2, 0.25) is 0 Å². The number of rotatable bonds is 7. The summed E-state index contributed by atoms with van der Waals surface area (Å²) in [5, 5.41) is 12.5. The van der Waals surface area contributed by atoms with E-state index in [-0.39, 0.29) is 12.1 Å². The summed E-state index contributed by atoms with van der Waals surface area (Å²) < 4.78 is 0. The molecule has 2 unspecified atom stereocenters. The first kappa shape index (κ1) is 14.9. The highest BCUT2D eigenvalue weighted by atomic mass is 16.3. The Morgan fingerprint density at radius 3 is 2.13 bits per heavy atom. The van der Waals surface area contributed by atoms with Gasteiger partial charge in [-0.2, -0.15) is 0 Å². The van der Waals surface area contributed by atoms with E-state index in [0.717, 1.165) is 13.0 Å². The van der Waals surface area contributed by atoms with Gasteiger partial charge in [0, 0.05) is 17.6 Å². The van der Waals surface area contributed by atoms with Crippen LogP contribution in [0, 0.1) is 0 Å². The molecule has 0 saturated heterocycles. The molecule has 0 spiro atoms. The van der Waals surface area contributed by atoms with Gasteiger partial charge >= 0.3 is 0 Å². The summed E-state index contributed by atoms with van der Waals surface area (Å²) in [4.78, 5) is 2.45. The summed E-state index contributed by atoms with van der Waals surface area (Å²) >= 11 is 0. The summed E-state index contributed by atoms with van der Waals surface area (Å²) in [6, 6.07) is 1.05. The predicted octanol–water partition coefficient (Wildman–Crippen LogP) is 1.47. The maximum absolute atomic E-state index is 9.35. The second-order valence-electron chi connectivity index (χ2n) is 4.95. The van der Waals surface area contributed by atoms with E-state index in [1.807, 2.05) is 7.05 Å². The third-order valence-electron chi connectivity index (χ3n) is 3.29. The minimum Gasteiger partial charge on any atom is -0.394 e. The Balaban J connectivity index is 4.37. The van der Waals surface area contributed by atoms with Crippen LogP contribution in [-0.4, -0.2) is 47.8 Å². The van der Waals surface area contributed by atoms with Gasteiger partial charge in [0.15, 0.2) is 0 Å². The van der Waals surface area contributed by atoms with Crippen molar-refractivity contribution in [2.45, 2.75) is 58.7 Å². The zero-order valence-corrected chi connectivity index (χ0v) is 11.2. The summed E-state index contributed by atoms with van der Waals surface area (Å²) in [6.45, 7) is 12.2. The molecule has 0 saturated carbocycles. The molecule has 3 heteroatoms. The standard InChI is InChI=1S/C12H28N2O/c1-7-14(10(2)3)11(4)8-12(5,9-15)13-6/h10-11,13,15H,7-9H2,1-6H3. The van der Waals surface area contributed by atoms with Gasteiger partial charge in [0.05, 0.1) is 6.61 Å². The lowest BCUT2D eigenvalue weighted by molar-refractivity contribution is 0.105. The van der Waals surface area contributed by atoms with Crippen LogP contribution in [0.15, 0.2) is 0 Å². The molecule has 2 atom stereocenters. The first-order chi connectivity index (χ1) is 6.90. The molecular weight excluding hydrogens is 188 g/mol. The highest BCUT2D eigenvalue weighted by Crippen LogP contribution is 2.17. The Labute approximate surface area is 94.9 Å². The SMILES string of the molecule is CCN(C(C)C)C(C)CC(C)(CO)NC. The van der Waals surface area contributed by atoms with E-state index in [9.17, 15) is 5.11 Å². The zero-order chi connectivity index (χ0) is 12.1. The van der Waals surface area contributed by atoms with Crippen LogP contribution >= 0.6 is 0 Å². The van der Waals surface area contributed by atoms with Crippen molar-refractivity contribution in [3.63, 3.8) is 0 Å². The summed E-state index contributed by atoms with van der Waals surface area (Å²) in [6.07, 6.45) is 0.964. The van der Waals surface area contributed by atoms with Gasteiger partial charge in [-0.25, -0.2) is 0 Å². The number of nitrogens with one attached hydrogen (secondary N) is 1. The zero-order valence-electron chi connectivity index (χ0n) is 11.2. The predicted molar refractivity (Wildman–Crippen MR) is 66.1 cm³/mol. The van der Waals surface area contributed by atoms with E-state index in [0.29, 0.717) is 12.1 Å². The number of likely N-dealkylation sites (N-methyl/N-ethyl adjacent to an activating group) is 1. The van der Waals surface area contributed by atoms with Gasteiger partial charge < -0.3 is 10.4 Å². The van der Waals surface area contributed by atoms with Gasteiger partial charge in [-0.15, -0.1) is 0 Å². The second kappa shape index (κ2) is 6.46. The van der Waals surface area contributed by atoms with Crippen molar-refractivity contribution >= 4 is 0 Å². The van der Waals surface area contributed by atoms with Gasteiger partial charge in [-0.1, -0.05) is 6.92 Å². The van der Waals surface area contributed by atoms with Crippen molar-refractivity contribution < 1.29 is 5.11 Å². The fraction of sp³-hybridized carbons (Fsp3) is 1.00. The monoisotopic (exact) mass is 216 g/mol. The van der Waals surface area contributed by atoms with Crippen molar-refractivity contribution in [1.29, 1.82) is 0 Å². The van der Waals surface area contributed by atoms with Crippen molar-refractivity contribution in [3.05, 3.63) is 0 Å². The molecule has 0 heterocycles. The quantitative estimate of drug-likeness (QED) is 0.676. The van der Waals surface area contributed by atoms with E-state index in [1.165, 1.54) is 0 Å². The Bertz CT molecular complexity index is 167. The van der Waals surface area contributed by atoms with Crippen LogP contribution in [0.1, 0.15) is 41.0 Å². The molecular formula is C12H28N2O. The lowest BCUT2D eigenvalue weighted by Gasteiger charge is -2.37. The Hall–Kier alpha value is -0.120. The van der Waals surface area contributed by atoms with Crippen LogP contribution < -0.4 is 5.32 Å². The Kier molecular flexibility index (Phi) is 6.41. The molecule has 0 aliphatic heterocycles. The molecule has 2 N–H and O–H groups in total. The van der Waals surface area contributed by atoms with Crippen LogP contribution in [0.5, 0.6) is 0 Å². The fourth-order valence-corrected chi connectivity index (χ4v) is 2.20. The summed E-state index contributed by atoms with van der Waals surface area (Å²) in [5.41, 5.74) is -0.165. The highest BCUT2D eigenvalue weighted by molar-refractivity contribution is 4.86. The molecule has 0 aliphatic rings. The summed E-state index contributed by atoms with van der Waals surface area (Å²) in [7, 11) is 1.91. The second-order valence-corrected chi connectivity index (χ2v) is 4.95. The van der Waals surface area contributed by atoms with Gasteiger partial charge in [0.25, 0.3) is 0 Å². The van der Waals surface area contributed by atoms with Crippen molar-refractivity contribution in [3.8, 4) is 0 Å². The minimum atomic E-state index is -0.165. The third kappa shape index (κ3) is 4.49. The van der Waals surface area contributed by atoms with E-state index >= 15 is 0 Å². The normalized spacial score (nSPS) is 18.2. The van der Waals surface area contributed by atoms with Crippen LogP contribution in [0.3, 0.4) is 0 Å². The molecule has 0 fully saturated rings. The average Bonchev–Trinajstić information content (AvgIpc) is 2.18. The van der Waals surface area contributed by atoms with Crippen LogP contribution in [-0.2, 0) is 0 Å². The molecule has 0 aliphatic carbocycles. The maximum Gasteiger partial charge on any atom is 0.0611 e. The molecule has 0 amide bonds. The smallest absolute Gasteiger partial charge is 0.0611 e. The number of hydrogen-bond acceptors (Lipinski definition) is 3. The third-order valence-corrected chi connectivity index (χ3v) is 3.29. The van der Waals surface area contributed by atoms with Crippen molar-refractivity contribution in [2.75, 3.05) is 20.2 Å². The van der Waals surface area contributed by atoms with Crippen LogP contribution in [0.2, 0.25) is 0 Å². The molecule has 0 aromatic rings. The topological polar surface area (TPSA) is 35.5 Å². The largest absolute Gasteiger partial charge is 0.394 e.